The number of anilines is 3. The van der Waals surface area contributed by atoms with E-state index in [1.54, 1.807) is 0 Å². The molecule has 25 heavy (non-hydrogen) atoms. The molecule has 0 unspecified atom stereocenters. The Balaban J connectivity index is 2.28. The number of alkyl halides is 3. The highest BCUT2D eigenvalue weighted by Gasteiger charge is 2.33. The molecule has 1 aromatic heterocycles. The lowest BCUT2D eigenvalue weighted by Crippen LogP contribution is -2.14. The maximum atomic E-state index is 13.7. The number of nitrogens with zero attached hydrogens (tertiary/aromatic N) is 2. The Kier molecular flexibility index (Phi) is 5.97. The Hall–Kier alpha value is -2.62. The number of benzene rings is 1. The summed E-state index contributed by atoms with van der Waals surface area (Å²) in [6.45, 7) is 0.0800. The van der Waals surface area contributed by atoms with Gasteiger partial charge in [-0.1, -0.05) is 0 Å². The van der Waals surface area contributed by atoms with Crippen molar-refractivity contribution in [1.82, 2.24) is 9.97 Å². The van der Waals surface area contributed by atoms with Gasteiger partial charge in [0.05, 0.1) is 7.11 Å². The van der Waals surface area contributed by atoms with E-state index in [-0.39, 0.29) is 36.4 Å². The third-order valence-corrected chi connectivity index (χ3v) is 3.06. The van der Waals surface area contributed by atoms with Gasteiger partial charge in [-0.3, -0.25) is 0 Å². The number of hydrogen-bond acceptors (Lipinski definition) is 6. The molecular weight excluding hydrogens is 344 g/mol. The van der Waals surface area contributed by atoms with Crippen LogP contribution < -0.4 is 15.4 Å². The first-order valence-corrected chi connectivity index (χ1v) is 7.25. The third-order valence-electron chi connectivity index (χ3n) is 3.06. The lowest BCUT2D eigenvalue weighted by atomic mass is 10.3. The number of aliphatic hydroxyl groups excluding tert-OH is 1. The Labute approximate surface area is 140 Å². The molecule has 0 radical (unpaired) electrons. The monoisotopic (exact) mass is 360 g/mol. The summed E-state index contributed by atoms with van der Waals surface area (Å²) in [5, 5.41) is 13.9. The second kappa shape index (κ2) is 7.97. The maximum absolute atomic E-state index is 13.7. The van der Waals surface area contributed by atoms with Crippen LogP contribution in [0.4, 0.5) is 35.0 Å². The number of nitrogens with one attached hydrogen (secondary N) is 2. The average molecular weight is 360 g/mol. The van der Waals surface area contributed by atoms with Gasteiger partial charge in [0.1, 0.15) is 5.82 Å². The normalized spacial score (nSPS) is 11.3. The van der Waals surface area contributed by atoms with Gasteiger partial charge in [-0.2, -0.15) is 18.2 Å². The van der Waals surface area contributed by atoms with E-state index < -0.39 is 17.7 Å². The van der Waals surface area contributed by atoms with Crippen molar-refractivity contribution >= 4 is 17.5 Å². The molecule has 1 aromatic carbocycles. The molecule has 0 saturated carbocycles. The molecule has 0 atom stereocenters. The van der Waals surface area contributed by atoms with Crippen molar-refractivity contribution in [2.24, 2.45) is 0 Å². The fourth-order valence-corrected chi connectivity index (χ4v) is 1.91. The Bertz CT molecular complexity index is 725. The summed E-state index contributed by atoms with van der Waals surface area (Å²) in [6, 6.07) is 4.58. The first kappa shape index (κ1) is 18.7. The number of methoxy groups -OCH3 is 1. The van der Waals surface area contributed by atoms with Crippen LogP contribution in [0.15, 0.2) is 24.3 Å². The van der Waals surface area contributed by atoms with Gasteiger partial charge in [0, 0.05) is 31.0 Å². The summed E-state index contributed by atoms with van der Waals surface area (Å²) in [7, 11) is 1.30. The summed E-state index contributed by atoms with van der Waals surface area (Å²) >= 11 is 0. The molecule has 10 heteroatoms. The molecular formula is C15H16F4N4O2. The molecule has 6 nitrogen and oxygen atoms in total. The van der Waals surface area contributed by atoms with Crippen molar-refractivity contribution in [1.29, 1.82) is 0 Å². The van der Waals surface area contributed by atoms with E-state index in [1.165, 1.54) is 19.2 Å². The summed E-state index contributed by atoms with van der Waals surface area (Å²) < 4.78 is 57.4. The lowest BCUT2D eigenvalue weighted by molar-refractivity contribution is -0.141. The highest BCUT2D eigenvalue weighted by molar-refractivity contribution is 5.59. The Morgan fingerprint density at radius 3 is 2.56 bits per heavy atom. The molecule has 2 rings (SSSR count). The van der Waals surface area contributed by atoms with Gasteiger partial charge in [0.15, 0.2) is 17.3 Å². The SMILES string of the molecule is COc1ccc(Nc2cc(C(F)(F)F)nc(NCCCO)n2)cc1F. The summed E-state index contributed by atoms with van der Waals surface area (Å²) in [6.07, 6.45) is -4.34. The van der Waals surface area contributed by atoms with Crippen LogP contribution in [0.2, 0.25) is 0 Å². The highest BCUT2D eigenvalue weighted by Crippen LogP contribution is 2.31. The minimum atomic E-state index is -4.67. The molecule has 0 spiro atoms. The molecule has 0 fully saturated rings. The van der Waals surface area contributed by atoms with Crippen LogP contribution in [0.1, 0.15) is 12.1 Å². The van der Waals surface area contributed by atoms with Crippen LogP contribution >= 0.6 is 0 Å². The third kappa shape index (κ3) is 5.18. The first-order valence-electron chi connectivity index (χ1n) is 7.25. The minimum Gasteiger partial charge on any atom is -0.494 e. The number of ether oxygens (including phenoxy) is 1. The van der Waals surface area contributed by atoms with Gasteiger partial charge in [-0.05, 0) is 18.6 Å². The number of hydrogen-bond donors (Lipinski definition) is 3. The molecule has 0 aliphatic carbocycles. The van der Waals surface area contributed by atoms with E-state index in [9.17, 15) is 17.6 Å². The van der Waals surface area contributed by atoms with Crippen LogP contribution in [0.25, 0.3) is 0 Å². The molecule has 1 heterocycles. The van der Waals surface area contributed by atoms with Crippen molar-refractivity contribution in [3.8, 4) is 5.75 Å². The standard InChI is InChI=1S/C15H16F4N4O2/c1-25-11-4-3-9(7-10(11)16)21-13-8-12(15(17,18)19)22-14(23-13)20-5-2-6-24/h3-4,7-8,24H,2,5-6H2,1H3,(H2,20,21,22,23). The van der Waals surface area contributed by atoms with Gasteiger partial charge in [0.25, 0.3) is 0 Å². The largest absolute Gasteiger partial charge is 0.494 e. The van der Waals surface area contributed by atoms with Gasteiger partial charge in [-0.25, -0.2) is 9.37 Å². The maximum Gasteiger partial charge on any atom is 0.433 e. The highest BCUT2D eigenvalue weighted by atomic mass is 19.4. The smallest absolute Gasteiger partial charge is 0.433 e. The average Bonchev–Trinajstić information content (AvgIpc) is 2.54. The molecule has 0 aliphatic rings. The molecule has 0 amide bonds. The van der Waals surface area contributed by atoms with Gasteiger partial charge < -0.3 is 20.5 Å². The van der Waals surface area contributed by atoms with Crippen molar-refractivity contribution in [2.75, 3.05) is 30.9 Å². The van der Waals surface area contributed by atoms with Gasteiger partial charge in [-0.15, -0.1) is 0 Å². The Morgan fingerprint density at radius 2 is 1.96 bits per heavy atom. The zero-order chi connectivity index (χ0) is 18.4. The van der Waals surface area contributed by atoms with Crippen molar-refractivity contribution in [3.63, 3.8) is 0 Å². The topological polar surface area (TPSA) is 79.3 Å². The summed E-state index contributed by atoms with van der Waals surface area (Å²) in [5.41, 5.74) is -0.947. The lowest BCUT2D eigenvalue weighted by Gasteiger charge is -2.13. The molecule has 0 bridgehead atoms. The molecule has 2 aromatic rings. The second-order valence-corrected chi connectivity index (χ2v) is 4.94. The predicted octanol–water partition coefficient (Wildman–Crippen LogP) is 3.18. The predicted molar refractivity (Wildman–Crippen MR) is 83.5 cm³/mol. The fourth-order valence-electron chi connectivity index (χ4n) is 1.91. The minimum absolute atomic E-state index is 0.00979. The summed E-state index contributed by atoms with van der Waals surface area (Å²) in [4.78, 5) is 7.32. The van der Waals surface area contributed by atoms with Crippen molar-refractivity contribution in [3.05, 3.63) is 35.8 Å². The van der Waals surface area contributed by atoms with E-state index in [0.29, 0.717) is 6.42 Å². The second-order valence-electron chi connectivity index (χ2n) is 4.94. The molecule has 136 valence electrons. The zero-order valence-corrected chi connectivity index (χ0v) is 13.2. The van der Waals surface area contributed by atoms with E-state index in [4.69, 9.17) is 9.84 Å². The van der Waals surface area contributed by atoms with Gasteiger partial charge in [0.2, 0.25) is 5.95 Å². The van der Waals surface area contributed by atoms with Gasteiger partial charge >= 0.3 is 6.18 Å². The number of rotatable bonds is 7. The molecule has 0 aliphatic heterocycles. The van der Waals surface area contributed by atoms with Crippen molar-refractivity contribution < 1.29 is 27.4 Å². The van der Waals surface area contributed by atoms with Crippen LogP contribution in [0.3, 0.4) is 0 Å². The Morgan fingerprint density at radius 1 is 1.20 bits per heavy atom. The number of aromatic nitrogens is 2. The van der Waals surface area contributed by atoms with E-state index >= 15 is 0 Å². The van der Waals surface area contributed by atoms with Crippen LogP contribution in [-0.2, 0) is 6.18 Å². The molecule has 0 saturated heterocycles. The van der Waals surface area contributed by atoms with Crippen LogP contribution in [-0.4, -0.2) is 35.3 Å². The quantitative estimate of drug-likeness (QED) is 0.520. The van der Waals surface area contributed by atoms with E-state index in [2.05, 4.69) is 20.6 Å². The fraction of sp³-hybridized carbons (Fsp3) is 0.333. The van der Waals surface area contributed by atoms with E-state index in [1.807, 2.05) is 0 Å². The zero-order valence-electron chi connectivity index (χ0n) is 13.2. The summed E-state index contributed by atoms with van der Waals surface area (Å²) in [5.74, 6) is -1.06. The van der Waals surface area contributed by atoms with Crippen LogP contribution in [0, 0.1) is 5.82 Å². The van der Waals surface area contributed by atoms with E-state index in [0.717, 1.165) is 12.1 Å². The van der Waals surface area contributed by atoms with Crippen molar-refractivity contribution in [2.45, 2.75) is 12.6 Å². The number of halogens is 4. The number of aliphatic hydroxyl groups is 1. The molecule has 3 N–H and O–H groups in total. The first-order chi connectivity index (χ1) is 11.8. The van der Waals surface area contributed by atoms with Crippen LogP contribution in [0.5, 0.6) is 5.75 Å².